The van der Waals surface area contributed by atoms with Crippen LogP contribution in [-0.2, 0) is 6.42 Å². The third-order valence-electron chi connectivity index (χ3n) is 4.65. The molecule has 2 unspecified atom stereocenters. The first-order valence-corrected chi connectivity index (χ1v) is 8.26. The predicted molar refractivity (Wildman–Crippen MR) is 88.0 cm³/mol. The molecule has 1 aliphatic carbocycles. The fourth-order valence-electron chi connectivity index (χ4n) is 3.66. The van der Waals surface area contributed by atoms with E-state index in [-0.39, 0.29) is 12.4 Å². The monoisotopic (exact) mass is 315 g/mol. The van der Waals surface area contributed by atoms with Gasteiger partial charge < -0.3 is 5.32 Å². The van der Waals surface area contributed by atoms with Gasteiger partial charge in [-0.05, 0) is 51.6 Å². The maximum absolute atomic E-state index is 4.71. The summed E-state index contributed by atoms with van der Waals surface area (Å²) >= 11 is 1.92. The van der Waals surface area contributed by atoms with Crippen LogP contribution in [0, 0.1) is 12.3 Å². The minimum atomic E-state index is 0. The van der Waals surface area contributed by atoms with E-state index >= 15 is 0 Å². The molecule has 0 bridgehead atoms. The number of aromatic nitrogens is 1. The minimum absolute atomic E-state index is 0. The lowest BCUT2D eigenvalue weighted by Gasteiger charge is -2.36. The summed E-state index contributed by atoms with van der Waals surface area (Å²) in [5, 5.41) is 4.74. The second-order valence-electron chi connectivity index (χ2n) is 6.60. The largest absolute Gasteiger partial charge is 0.316 e. The van der Waals surface area contributed by atoms with Gasteiger partial charge in [0.05, 0.1) is 10.7 Å². The molecule has 1 saturated heterocycles. The predicted octanol–water partition coefficient (Wildman–Crippen LogP) is 3.18. The Morgan fingerprint density at radius 3 is 3.00 bits per heavy atom. The van der Waals surface area contributed by atoms with Gasteiger partial charge in [0.2, 0.25) is 0 Å². The molecule has 20 heavy (non-hydrogen) atoms. The first kappa shape index (κ1) is 16.2. The van der Waals surface area contributed by atoms with Gasteiger partial charge in [0, 0.05) is 24.0 Å². The number of rotatable bonds is 3. The number of aryl methyl sites for hydroxylation is 2. The van der Waals surface area contributed by atoms with E-state index < -0.39 is 0 Å². The molecule has 1 aromatic heterocycles. The number of nitrogens with zero attached hydrogens (tertiary/aromatic N) is 2. The van der Waals surface area contributed by atoms with Crippen molar-refractivity contribution in [2.45, 2.75) is 45.6 Å². The van der Waals surface area contributed by atoms with E-state index in [1.807, 2.05) is 11.3 Å². The number of thiazole rings is 1. The highest BCUT2D eigenvalue weighted by molar-refractivity contribution is 7.11. The Bertz CT molecular complexity index is 454. The van der Waals surface area contributed by atoms with Crippen molar-refractivity contribution in [2.24, 2.45) is 5.41 Å². The van der Waals surface area contributed by atoms with Gasteiger partial charge in [-0.3, -0.25) is 4.90 Å². The Kier molecular flexibility index (Phi) is 5.11. The molecule has 3 rings (SSSR count). The molecule has 1 aliphatic heterocycles. The second kappa shape index (κ2) is 6.30. The fourth-order valence-corrected chi connectivity index (χ4v) is 4.83. The number of hydrogen-bond acceptors (Lipinski definition) is 4. The van der Waals surface area contributed by atoms with Crippen molar-refractivity contribution in [3.8, 4) is 0 Å². The lowest BCUT2D eigenvalue weighted by molar-refractivity contribution is 0.149. The van der Waals surface area contributed by atoms with Crippen molar-refractivity contribution in [3.63, 3.8) is 0 Å². The summed E-state index contributed by atoms with van der Waals surface area (Å²) in [6, 6.07) is 0.604. The van der Waals surface area contributed by atoms with Gasteiger partial charge in [0.1, 0.15) is 0 Å². The van der Waals surface area contributed by atoms with E-state index in [0.717, 1.165) is 0 Å². The molecular weight excluding hydrogens is 290 g/mol. The molecule has 0 aromatic carbocycles. The zero-order valence-electron chi connectivity index (χ0n) is 12.7. The fraction of sp³-hybridized carbons (Fsp3) is 0.800. The van der Waals surface area contributed by atoms with E-state index in [4.69, 9.17) is 4.98 Å². The van der Waals surface area contributed by atoms with Gasteiger partial charge in [0.15, 0.2) is 0 Å². The Morgan fingerprint density at radius 1 is 1.50 bits per heavy atom. The molecule has 1 N–H and O–H groups in total. The van der Waals surface area contributed by atoms with Crippen molar-refractivity contribution < 1.29 is 0 Å². The molecule has 1 fully saturated rings. The van der Waals surface area contributed by atoms with E-state index in [1.54, 1.807) is 4.88 Å². The lowest BCUT2D eigenvalue weighted by Crippen LogP contribution is -2.38. The van der Waals surface area contributed by atoms with Gasteiger partial charge in [-0.15, -0.1) is 23.7 Å². The SMILES string of the molecule is Cc1nc2c(s1)C(N(C)CC1(C)CCNC1)CCC2.Cl. The highest BCUT2D eigenvalue weighted by atomic mass is 35.5. The number of fused-ring (bicyclic) bond motifs is 1. The van der Waals surface area contributed by atoms with E-state index in [0.29, 0.717) is 11.5 Å². The third-order valence-corrected chi connectivity index (χ3v) is 5.76. The molecule has 2 aliphatic rings. The summed E-state index contributed by atoms with van der Waals surface area (Å²) < 4.78 is 0. The highest BCUT2D eigenvalue weighted by Gasteiger charge is 2.34. The zero-order valence-corrected chi connectivity index (χ0v) is 14.4. The molecule has 1 aromatic rings. The number of hydrogen-bond donors (Lipinski definition) is 1. The standard InChI is InChI=1S/C15H25N3S.ClH/c1-11-17-12-5-4-6-13(14(12)19-11)18(3)10-15(2)7-8-16-9-15;/h13,16H,4-10H2,1-3H3;1H. The Morgan fingerprint density at radius 2 is 2.30 bits per heavy atom. The van der Waals surface area contributed by atoms with Crippen LogP contribution in [0.25, 0.3) is 0 Å². The summed E-state index contributed by atoms with van der Waals surface area (Å²) in [4.78, 5) is 8.84. The average Bonchev–Trinajstić information content (AvgIpc) is 2.93. The van der Waals surface area contributed by atoms with Gasteiger partial charge >= 0.3 is 0 Å². The van der Waals surface area contributed by atoms with Crippen LogP contribution in [0.3, 0.4) is 0 Å². The smallest absolute Gasteiger partial charge is 0.0900 e. The molecular formula is C15H26ClN3S. The van der Waals surface area contributed by atoms with E-state index in [1.165, 1.54) is 56.0 Å². The molecule has 2 heterocycles. The van der Waals surface area contributed by atoms with Gasteiger partial charge in [-0.1, -0.05) is 6.92 Å². The van der Waals surface area contributed by atoms with Crippen LogP contribution in [0.2, 0.25) is 0 Å². The van der Waals surface area contributed by atoms with E-state index in [9.17, 15) is 0 Å². The van der Waals surface area contributed by atoms with Crippen LogP contribution in [0.15, 0.2) is 0 Å². The minimum Gasteiger partial charge on any atom is -0.316 e. The molecule has 5 heteroatoms. The maximum Gasteiger partial charge on any atom is 0.0900 e. The van der Waals surface area contributed by atoms with Gasteiger partial charge in [-0.2, -0.15) is 0 Å². The average molecular weight is 316 g/mol. The van der Waals surface area contributed by atoms with Gasteiger partial charge in [0.25, 0.3) is 0 Å². The van der Waals surface area contributed by atoms with Crippen molar-refractivity contribution >= 4 is 23.7 Å². The Labute approximate surface area is 132 Å². The maximum atomic E-state index is 4.71. The molecule has 0 saturated carbocycles. The number of halogens is 1. The summed E-state index contributed by atoms with van der Waals surface area (Å²) in [5.74, 6) is 0. The van der Waals surface area contributed by atoms with Crippen LogP contribution in [0.1, 0.15) is 47.8 Å². The number of nitrogens with one attached hydrogen (secondary N) is 1. The zero-order chi connectivity index (χ0) is 13.5. The van der Waals surface area contributed by atoms with Crippen molar-refractivity contribution in [1.29, 1.82) is 0 Å². The first-order valence-electron chi connectivity index (χ1n) is 7.45. The van der Waals surface area contributed by atoms with Crippen molar-refractivity contribution in [3.05, 3.63) is 15.6 Å². The summed E-state index contributed by atoms with van der Waals surface area (Å²) in [6.07, 6.45) is 5.08. The molecule has 0 amide bonds. The van der Waals surface area contributed by atoms with Crippen LogP contribution in [-0.4, -0.2) is 36.6 Å². The van der Waals surface area contributed by atoms with Crippen molar-refractivity contribution in [1.82, 2.24) is 15.2 Å². The van der Waals surface area contributed by atoms with E-state index in [2.05, 4.69) is 31.1 Å². The first-order chi connectivity index (χ1) is 9.07. The molecule has 114 valence electrons. The molecule has 3 nitrogen and oxygen atoms in total. The quantitative estimate of drug-likeness (QED) is 0.928. The van der Waals surface area contributed by atoms with Crippen molar-refractivity contribution in [2.75, 3.05) is 26.7 Å². The summed E-state index contributed by atoms with van der Waals surface area (Å²) in [6.45, 7) is 8.10. The molecule has 2 atom stereocenters. The second-order valence-corrected chi connectivity index (χ2v) is 7.84. The Balaban J connectivity index is 0.00000147. The topological polar surface area (TPSA) is 28.2 Å². The highest BCUT2D eigenvalue weighted by Crippen LogP contribution is 2.39. The summed E-state index contributed by atoms with van der Waals surface area (Å²) in [7, 11) is 2.30. The van der Waals surface area contributed by atoms with Crippen LogP contribution < -0.4 is 5.32 Å². The molecule has 0 spiro atoms. The van der Waals surface area contributed by atoms with Crippen LogP contribution in [0.5, 0.6) is 0 Å². The summed E-state index contributed by atoms with van der Waals surface area (Å²) in [5.41, 5.74) is 1.83. The lowest BCUT2D eigenvalue weighted by atomic mass is 9.87. The van der Waals surface area contributed by atoms with Crippen LogP contribution in [0.4, 0.5) is 0 Å². The third kappa shape index (κ3) is 3.19. The Hall–Kier alpha value is -0.160. The van der Waals surface area contributed by atoms with Crippen LogP contribution >= 0.6 is 23.7 Å². The normalized spacial score (nSPS) is 29.3. The molecule has 0 radical (unpaired) electrons. The van der Waals surface area contributed by atoms with Gasteiger partial charge in [-0.25, -0.2) is 4.98 Å².